The Kier molecular flexibility index (Phi) is 8.70. The number of hydrogen-bond acceptors (Lipinski definition) is 2. The van der Waals surface area contributed by atoms with E-state index in [4.69, 9.17) is 0 Å². The molecule has 0 atom stereocenters. The van der Waals surface area contributed by atoms with Gasteiger partial charge in [0.25, 0.3) is 0 Å². The van der Waals surface area contributed by atoms with E-state index in [-0.39, 0.29) is 21.1 Å². The molecule has 0 spiro atoms. The van der Waals surface area contributed by atoms with Crippen molar-refractivity contribution in [2.24, 2.45) is 0 Å². The van der Waals surface area contributed by atoms with Crippen LogP contribution in [-0.4, -0.2) is 12.6 Å². The Bertz CT molecular complexity index is 53.7. The Morgan fingerprint density at radius 3 is 2.29 bits per heavy atom. The number of hydrogen-bond donors (Lipinski definition) is 0. The van der Waals surface area contributed by atoms with Gasteiger partial charge in [0.1, 0.15) is 0 Å². The van der Waals surface area contributed by atoms with Gasteiger partial charge in [0, 0.05) is 0 Å². The molecule has 0 saturated carbocycles. The van der Waals surface area contributed by atoms with Crippen LogP contribution in [0.5, 0.6) is 0 Å². The van der Waals surface area contributed by atoms with Crippen molar-refractivity contribution in [3.8, 4) is 0 Å². The molecule has 0 aliphatic rings. The fraction of sp³-hybridized carbons (Fsp3) is 0.500. The zero-order valence-electron chi connectivity index (χ0n) is 4.14. The Hall–Kier alpha value is 0.0283. The molecule has 0 aromatic rings. The summed E-state index contributed by atoms with van der Waals surface area (Å²) in [5, 5.41) is 0. The van der Waals surface area contributed by atoms with Gasteiger partial charge in [0.05, 0.1) is 6.61 Å². The van der Waals surface area contributed by atoms with Crippen LogP contribution in [-0.2, 0) is 30.6 Å². The molecule has 0 saturated heterocycles. The fourth-order valence-electron chi connectivity index (χ4n) is 0.161. The molecule has 0 aliphatic carbocycles. The average Bonchev–Trinajstić information content (AvgIpc) is 1.35. The summed E-state index contributed by atoms with van der Waals surface area (Å²) in [4.78, 5) is 9.71. The minimum Gasteiger partial charge on any atom is -0.489 e. The van der Waals surface area contributed by atoms with E-state index < -0.39 is 5.97 Å². The zero-order chi connectivity index (χ0) is 4.99. The second kappa shape index (κ2) is 6.03. The quantitative estimate of drug-likeness (QED) is 0.509. The van der Waals surface area contributed by atoms with Crippen molar-refractivity contribution in [2.75, 3.05) is 6.61 Å². The normalized spacial score (nSPS) is 6.43. The largest absolute Gasteiger partial charge is 2.00 e. The Balaban J connectivity index is 0. The van der Waals surface area contributed by atoms with Gasteiger partial charge in [-0.2, -0.15) is 0 Å². The van der Waals surface area contributed by atoms with Crippen LogP contribution >= 0.6 is 0 Å². The first-order valence-electron chi connectivity index (χ1n) is 1.76. The monoisotopic (exact) mass is 271 g/mol. The number of esters is 1. The van der Waals surface area contributed by atoms with E-state index in [1.165, 1.54) is 0 Å². The van der Waals surface area contributed by atoms with E-state index >= 15 is 0 Å². The standard InChI is InChI=1S/C4H7O2.W/c1-3-6-4(2)5;/h2-3H2,1H3;/q-1;+2. The smallest absolute Gasteiger partial charge is 0.489 e. The van der Waals surface area contributed by atoms with Gasteiger partial charge in [-0.3, -0.25) is 11.7 Å². The van der Waals surface area contributed by atoms with Crippen LogP contribution in [0.3, 0.4) is 0 Å². The van der Waals surface area contributed by atoms with Crippen molar-refractivity contribution in [1.82, 2.24) is 0 Å². The van der Waals surface area contributed by atoms with Gasteiger partial charge in [-0.1, -0.05) is 0 Å². The van der Waals surface area contributed by atoms with Crippen molar-refractivity contribution in [1.29, 1.82) is 0 Å². The molecule has 0 aromatic carbocycles. The third-order valence-corrected chi connectivity index (χ3v) is 0.305. The molecule has 0 bridgehead atoms. The molecule has 0 radical (unpaired) electrons. The summed E-state index contributed by atoms with van der Waals surface area (Å²) in [5.41, 5.74) is 0. The number of carbonyl (C=O) groups excluding carboxylic acids is 1. The Morgan fingerprint density at radius 1 is 1.86 bits per heavy atom. The maximum Gasteiger partial charge on any atom is 2.00 e. The van der Waals surface area contributed by atoms with Crippen molar-refractivity contribution < 1.29 is 30.6 Å². The molecule has 2 nitrogen and oxygen atoms in total. The molecule has 0 rings (SSSR count). The maximum atomic E-state index is 9.71. The molecule has 0 unspecified atom stereocenters. The summed E-state index contributed by atoms with van der Waals surface area (Å²) < 4.78 is 4.29. The van der Waals surface area contributed by atoms with Crippen LogP contribution in [0.15, 0.2) is 0 Å². The first kappa shape index (κ1) is 10.1. The summed E-state index contributed by atoms with van der Waals surface area (Å²) in [6.45, 7) is 5.13. The van der Waals surface area contributed by atoms with Crippen LogP contribution in [0, 0.1) is 6.92 Å². The summed E-state index contributed by atoms with van der Waals surface area (Å²) >= 11 is 0. The summed E-state index contributed by atoms with van der Waals surface area (Å²) in [5.74, 6) is -0.461. The molecule has 40 valence electrons. The SMILES string of the molecule is [CH2-]C(=O)OCC.[W+2]. The summed E-state index contributed by atoms with van der Waals surface area (Å²) in [7, 11) is 0. The van der Waals surface area contributed by atoms with Gasteiger partial charge in [-0.25, -0.2) is 0 Å². The van der Waals surface area contributed by atoms with Gasteiger partial charge in [-0.15, -0.1) is 0 Å². The first-order chi connectivity index (χ1) is 2.77. The molecule has 0 heterocycles. The zero-order valence-corrected chi connectivity index (χ0v) is 7.07. The molecule has 7 heavy (non-hydrogen) atoms. The van der Waals surface area contributed by atoms with Gasteiger partial charge in [0.2, 0.25) is 0 Å². The summed E-state index contributed by atoms with van der Waals surface area (Å²) in [6.07, 6.45) is 0. The molecular weight excluding hydrogens is 264 g/mol. The van der Waals surface area contributed by atoms with Gasteiger partial charge in [-0.05, 0) is 6.92 Å². The van der Waals surface area contributed by atoms with Crippen LogP contribution in [0.4, 0.5) is 0 Å². The first-order valence-corrected chi connectivity index (χ1v) is 1.76. The van der Waals surface area contributed by atoms with Crippen molar-refractivity contribution in [3.05, 3.63) is 6.92 Å². The third kappa shape index (κ3) is 10.7. The molecule has 0 fully saturated rings. The number of ether oxygens (including phenoxy) is 1. The van der Waals surface area contributed by atoms with E-state index in [0.29, 0.717) is 6.61 Å². The summed E-state index contributed by atoms with van der Waals surface area (Å²) in [6, 6.07) is 0. The minimum absolute atomic E-state index is 0. The van der Waals surface area contributed by atoms with Crippen LogP contribution in [0.2, 0.25) is 0 Å². The van der Waals surface area contributed by atoms with E-state index in [1.54, 1.807) is 6.92 Å². The van der Waals surface area contributed by atoms with Crippen LogP contribution < -0.4 is 0 Å². The van der Waals surface area contributed by atoms with Crippen molar-refractivity contribution in [3.63, 3.8) is 0 Å². The van der Waals surface area contributed by atoms with Crippen LogP contribution in [0.1, 0.15) is 6.92 Å². The molecular formula is C4H7O2W+. The Morgan fingerprint density at radius 2 is 2.29 bits per heavy atom. The second-order valence-electron chi connectivity index (χ2n) is 0.805. The van der Waals surface area contributed by atoms with E-state index in [1.807, 2.05) is 0 Å². The number of carbonyl (C=O) groups is 1. The predicted octanol–water partition coefficient (Wildman–Crippen LogP) is 0.381. The van der Waals surface area contributed by atoms with Crippen molar-refractivity contribution >= 4 is 5.97 Å². The molecule has 3 heteroatoms. The third-order valence-electron chi connectivity index (χ3n) is 0.305. The van der Waals surface area contributed by atoms with E-state index in [2.05, 4.69) is 11.7 Å². The van der Waals surface area contributed by atoms with Crippen LogP contribution in [0.25, 0.3) is 0 Å². The minimum atomic E-state index is -0.461. The van der Waals surface area contributed by atoms with E-state index in [9.17, 15) is 4.79 Å². The predicted molar refractivity (Wildman–Crippen MR) is 22.0 cm³/mol. The Labute approximate surface area is 57.5 Å². The van der Waals surface area contributed by atoms with Gasteiger partial charge >= 0.3 is 21.1 Å². The second-order valence-corrected chi connectivity index (χ2v) is 0.805. The number of rotatable bonds is 1. The average molecular weight is 271 g/mol. The fourth-order valence-corrected chi connectivity index (χ4v) is 0.161. The molecule has 0 aromatic heterocycles. The topological polar surface area (TPSA) is 26.3 Å². The molecule has 0 amide bonds. The molecule has 0 N–H and O–H groups in total. The van der Waals surface area contributed by atoms with Gasteiger partial charge in [0.15, 0.2) is 5.97 Å². The van der Waals surface area contributed by atoms with Gasteiger partial charge < -0.3 is 4.74 Å². The van der Waals surface area contributed by atoms with E-state index in [0.717, 1.165) is 0 Å². The maximum absolute atomic E-state index is 9.71. The molecule has 0 aliphatic heterocycles. The van der Waals surface area contributed by atoms with Crippen molar-refractivity contribution in [2.45, 2.75) is 6.92 Å².